The molecule has 2 nitrogen and oxygen atoms in total. The third-order valence-corrected chi connectivity index (χ3v) is 2.93. The Hall–Kier alpha value is -2.23. The van der Waals surface area contributed by atoms with Crippen LogP contribution in [0.25, 0.3) is 11.1 Å². The van der Waals surface area contributed by atoms with Crippen molar-refractivity contribution in [2.24, 2.45) is 0 Å². The fourth-order valence-electron chi connectivity index (χ4n) is 1.89. The lowest BCUT2D eigenvalue weighted by molar-refractivity contribution is 0.0691. The first kappa shape index (κ1) is 13.2. The van der Waals surface area contributed by atoms with Crippen molar-refractivity contribution >= 4 is 5.97 Å². The Bertz CT molecular complexity index is 636. The van der Waals surface area contributed by atoms with E-state index < -0.39 is 23.2 Å². The number of rotatable bonds is 3. The number of hydrogen-bond acceptors (Lipinski definition) is 1. The molecule has 0 radical (unpaired) electrons. The van der Waals surface area contributed by atoms with Gasteiger partial charge in [-0.05, 0) is 29.7 Å². The van der Waals surface area contributed by atoms with E-state index in [1.54, 1.807) is 18.2 Å². The molecule has 0 aliphatic carbocycles. The van der Waals surface area contributed by atoms with Gasteiger partial charge in [0.2, 0.25) is 0 Å². The minimum Gasteiger partial charge on any atom is -0.478 e. The van der Waals surface area contributed by atoms with E-state index >= 15 is 0 Å². The summed E-state index contributed by atoms with van der Waals surface area (Å²) in [5.74, 6) is -3.16. The van der Waals surface area contributed by atoms with Crippen molar-refractivity contribution in [3.05, 3.63) is 59.2 Å². The van der Waals surface area contributed by atoms with Gasteiger partial charge in [0.05, 0.1) is 5.56 Å². The first-order chi connectivity index (χ1) is 9.02. The van der Waals surface area contributed by atoms with Crippen molar-refractivity contribution < 1.29 is 18.7 Å². The molecule has 2 rings (SSSR count). The smallest absolute Gasteiger partial charge is 0.338 e. The SMILES string of the molecule is CCc1cccc(-c2cc(F)c(C(=O)O)cc2F)c1. The van der Waals surface area contributed by atoms with E-state index in [1.807, 2.05) is 13.0 Å². The van der Waals surface area contributed by atoms with E-state index in [0.717, 1.165) is 18.1 Å². The molecule has 0 aliphatic heterocycles. The molecule has 0 amide bonds. The summed E-state index contributed by atoms with van der Waals surface area (Å²) in [6, 6.07) is 8.72. The molecule has 0 atom stereocenters. The second-order valence-corrected chi connectivity index (χ2v) is 4.17. The number of carboxylic acids is 1. The first-order valence-corrected chi connectivity index (χ1v) is 5.84. The zero-order valence-corrected chi connectivity index (χ0v) is 10.3. The molecule has 0 saturated heterocycles. The number of hydrogen-bond donors (Lipinski definition) is 1. The number of carboxylic acid groups (broad SMARTS) is 1. The lowest BCUT2D eigenvalue weighted by Crippen LogP contribution is -2.02. The van der Waals surface area contributed by atoms with Crippen LogP contribution in [0.3, 0.4) is 0 Å². The van der Waals surface area contributed by atoms with Gasteiger partial charge in [-0.15, -0.1) is 0 Å². The predicted molar refractivity (Wildman–Crippen MR) is 68.1 cm³/mol. The highest BCUT2D eigenvalue weighted by Gasteiger charge is 2.16. The minimum atomic E-state index is -1.48. The Balaban J connectivity index is 2.56. The maximum atomic E-state index is 13.9. The van der Waals surface area contributed by atoms with Crippen molar-refractivity contribution in [2.45, 2.75) is 13.3 Å². The lowest BCUT2D eigenvalue weighted by atomic mass is 10.00. The summed E-state index contributed by atoms with van der Waals surface area (Å²) in [4.78, 5) is 10.7. The maximum Gasteiger partial charge on any atom is 0.338 e. The van der Waals surface area contributed by atoms with Gasteiger partial charge in [0, 0.05) is 5.56 Å². The van der Waals surface area contributed by atoms with Gasteiger partial charge in [0.15, 0.2) is 0 Å². The number of halogens is 2. The molecule has 0 heterocycles. The fourth-order valence-corrected chi connectivity index (χ4v) is 1.89. The van der Waals surface area contributed by atoms with E-state index in [-0.39, 0.29) is 5.56 Å². The van der Waals surface area contributed by atoms with Crippen LogP contribution >= 0.6 is 0 Å². The molecule has 0 bridgehead atoms. The molecule has 0 unspecified atom stereocenters. The molecule has 0 spiro atoms. The molecule has 98 valence electrons. The van der Waals surface area contributed by atoms with Crippen LogP contribution in [0.4, 0.5) is 8.78 Å². The Morgan fingerprint density at radius 1 is 1.16 bits per heavy atom. The number of aromatic carboxylic acids is 1. The standard InChI is InChI=1S/C15H12F2O2/c1-2-9-4-3-5-10(6-9)11-7-14(17)12(15(18)19)8-13(11)16/h3-8H,2H2,1H3,(H,18,19). The van der Waals surface area contributed by atoms with Gasteiger partial charge < -0.3 is 5.11 Å². The summed E-state index contributed by atoms with van der Waals surface area (Å²) in [5.41, 5.74) is 0.943. The molecular formula is C15H12F2O2. The van der Waals surface area contributed by atoms with Crippen LogP contribution in [0.15, 0.2) is 36.4 Å². The summed E-state index contributed by atoms with van der Waals surface area (Å²) in [5, 5.41) is 8.73. The van der Waals surface area contributed by atoms with Gasteiger partial charge in [-0.1, -0.05) is 31.2 Å². The van der Waals surface area contributed by atoms with E-state index in [4.69, 9.17) is 5.11 Å². The predicted octanol–water partition coefficient (Wildman–Crippen LogP) is 3.89. The summed E-state index contributed by atoms with van der Waals surface area (Å²) in [6.45, 7) is 1.96. The van der Waals surface area contributed by atoms with Gasteiger partial charge in [-0.3, -0.25) is 0 Å². The van der Waals surface area contributed by atoms with Crippen LogP contribution in [-0.4, -0.2) is 11.1 Å². The molecule has 0 aromatic heterocycles. The zero-order valence-electron chi connectivity index (χ0n) is 10.3. The van der Waals surface area contributed by atoms with Crippen molar-refractivity contribution in [1.82, 2.24) is 0 Å². The van der Waals surface area contributed by atoms with E-state index in [9.17, 15) is 13.6 Å². The second kappa shape index (κ2) is 5.18. The van der Waals surface area contributed by atoms with E-state index in [2.05, 4.69) is 0 Å². The average Bonchev–Trinajstić information content (AvgIpc) is 2.40. The molecule has 0 fully saturated rings. The van der Waals surface area contributed by atoms with Crippen molar-refractivity contribution in [3.63, 3.8) is 0 Å². The molecular weight excluding hydrogens is 250 g/mol. The van der Waals surface area contributed by atoms with Gasteiger partial charge in [0.25, 0.3) is 0 Å². The van der Waals surface area contributed by atoms with Crippen LogP contribution in [0.1, 0.15) is 22.8 Å². The van der Waals surface area contributed by atoms with Crippen molar-refractivity contribution in [1.29, 1.82) is 0 Å². The van der Waals surface area contributed by atoms with Crippen LogP contribution in [-0.2, 0) is 6.42 Å². The van der Waals surface area contributed by atoms with Crippen molar-refractivity contribution in [2.75, 3.05) is 0 Å². The highest BCUT2D eigenvalue weighted by Crippen LogP contribution is 2.26. The molecule has 4 heteroatoms. The first-order valence-electron chi connectivity index (χ1n) is 5.84. The summed E-state index contributed by atoms with van der Waals surface area (Å²) >= 11 is 0. The van der Waals surface area contributed by atoms with Gasteiger partial charge >= 0.3 is 5.97 Å². The van der Waals surface area contributed by atoms with Crippen LogP contribution in [0, 0.1) is 11.6 Å². The second-order valence-electron chi connectivity index (χ2n) is 4.17. The third-order valence-electron chi connectivity index (χ3n) is 2.93. The Morgan fingerprint density at radius 2 is 1.89 bits per heavy atom. The highest BCUT2D eigenvalue weighted by molar-refractivity contribution is 5.88. The molecule has 0 saturated carbocycles. The Morgan fingerprint density at radius 3 is 2.53 bits per heavy atom. The Kier molecular flexibility index (Phi) is 3.60. The van der Waals surface area contributed by atoms with E-state index in [0.29, 0.717) is 11.6 Å². The largest absolute Gasteiger partial charge is 0.478 e. The minimum absolute atomic E-state index is 0.0674. The average molecular weight is 262 g/mol. The third kappa shape index (κ3) is 2.62. The molecule has 1 N–H and O–H groups in total. The van der Waals surface area contributed by atoms with Crippen LogP contribution in [0.5, 0.6) is 0 Å². The van der Waals surface area contributed by atoms with Crippen molar-refractivity contribution in [3.8, 4) is 11.1 Å². The van der Waals surface area contributed by atoms with Gasteiger partial charge in [-0.25, -0.2) is 13.6 Å². The molecule has 2 aromatic carbocycles. The summed E-state index contributed by atoms with van der Waals surface area (Å²) < 4.78 is 27.5. The van der Waals surface area contributed by atoms with Gasteiger partial charge in [-0.2, -0.15) is 0 Å². The number of carbonyl (C=O) groups is 1. The molecule has 0 aliphatic rings. The van der Waals surface area contributed by atoms with Crippen LogP contribution < -0.4 is 0 Å². The quantitative estimate of drug-likeness (QED) is 0.911. The number of aryl methyl sites for hydroxylation is 1. The van der Waals surface area contributed by atoms with E-state index in [1.165, 1.54) is 0 Å². The summed E-state index contributed by atoms with van der Waals surface area (Å²) in [6.07, 6.45) is 0.783. The molecule has 19 heavy (non-hydrogen) atoms. The Labute approximate surface area is 109 Å². The van der Waals surface area contributed by atoms with Crippen LogP contribution in [0.2, 0.25) is 0 Å². The zero-order chi connectivity index (χ0) is 14.0. The fraction of sp³-hybridized carbons (Fsp3) is 0.133. The lowest BCUT2D eigenvalue weighted by Gasteiger charge is -2.07. The number of benzene rings is 2. The normalized spacial score (nSPS) is 10.5. The summed E-state index contributed by atoms with van der Waals surface area (Å²) in [7, 11) is 0. The van der Waals surface area contributed by atoms with Gasteiger partial charge in [0.1, 0.15) is 11.6 Å². The maximum absolute atomic E-state index is 13.9. The highest BCUT2D eigenvalue weighted by atomic mass is 19.1. The topological polar surface area (TPSA) is 37.3 Å². The molecule has 2 aromatic rings. The monoisotopic (exact) mass is 262 g/mol.